The number of rotatable bonds is 6. The normalized spacial score (nSPS) is 21.0. The van der Waals surface area contributed by atoms with Crippen LogP contribution in [0.4, 0.5) is 0 Å². The molecule has 2 atom stereocenters. The van der Waals surface area contributed by atoms with Crippen molar-refractivity contribution in [2.45, 2.75) is 12.8 Å². The Labute approximate surface area is 186 Å². The van der Waals surface area contributed by atoms with Gasteiger partial charge in [0.1, 0.15) is 0 Å². The highest BCUT2D eigenvalue weighted by Crippen LogP contribution is 2.34. The molecular formula is C25H27N3O2S. The lowest BCUT2D eigenvalue weighted by Gasteiger charge is -2.21. The molecule has 0 radical (unpaired) electrons. The Morgan fingerprint density at radius 3 is 2.42 bits per heavy atom. The molecule has 1 unspecified atom stereocenters. The maximum absolute atomic E-state index is 13.1. The zero-order valence-electron chi connectivity index (χ0n) is 17.5. The predicted molar refractivity (Wildman–Crippen MR) is 124 cm³/mol. The van der Waals surface area contributed by atoms with Crippen LogP contribution >= 0.6 is 11.3 Å². The van der Waals surface area contributed by atoms with E-state index in [-0.39, 0.29) is 11.8 Å². The summed E-state index contributed by atoms with van der Waals surface area (Å²) in [6.07, 6.45) is 1.87. The van der Waals surface area contributed by atoms with E-state index < -0.39 is 0 Å². The first-order valence-corrected chi connectivity index (χ1v) is 11.8. The van der Waals surface area contributed by atoms with E-state index in [2.05, 4.69) is 15.9 Å². The van der Waals surface area contributed by atoms with Gasteiger partial charge in [0.05, 0.1) is 5.56 Å². The van der Waals surface area contributed by atoms with Gasteiger partial charge in [0, 0.05) is 47.2 Å². The van der Waals surface area contributed by atoms with Crippen LogP contribution in [0.1, 0.15) is 32.7 Å². The van der Waals surface area contributed by atoms with Crippen LogP contribution in [-0.4, -0.2) is 54.3 Å². The molecule has 2 aliphatic rings. The maximum atomic E-state index is 13.1. The number of nitrogens with two attached hydrogens (primary N) is 1. The number of hydrogen-bond acceptors (Lipinski definition) is 4. The number of hydrogen-bond donors (Lipinski definition) is 1. The van der Waals surface area contributed by atoms with Crippen molar-refractivity contribution in [3.63, 3.8) is 0 Å². The number of amides is 2. The lowest BCUT2D eigenvalue weighted by atomic mass is 10.0. The minimum absolute atomic E-state index is 0.182. The maximum Gasteiger partial charge on any atom is 0.255 e. The minimum Gasteiger partial charge on any atom is -0.366 e. The molecule has 2 saturated heterocycles. The second-order valence-corrected chi connectivity index (χ2v) is 9.67. The van der Waals surface area contributed by atoms with Crippen molar-refractivity contribution in [3.8, 4) is 0 Å². The third-order valence-corrected chi connectivity index (χ3v) is 7.73. The predicted octanol–water partition coefficient (Wildman–Crippen LogP) is 3.64. The number of nitrogens with zero attached hydrogens (tertiary/aromatic N) is 2. The fourth-order valence-electron chi connectivity index (χ4n) is 5.22. The van der Waals surface area contributed by atoms with E-state index in [9.17, 15) is 9.59 Å². The third-order valence-electron chi connectivity index (χ3n) is 6.76. The molecule has 0 saturated carbocycles. The Bertz CT molecular complexity index is 1110. The molecule has 2 N–H and O–H groups in total. The van der Waals surface area contributed by atoms with Crippen molar-refractivity contribution >= 4 is 33.2 Å². The molecule has 5 nitrogen and oxygen atoms in total. The summed E-state index contributed by atoms with van der Waals surface area (Å²) in [4.78, 5) is 29.3. The first-order chi connectivity index (χ1) is 15.1. The fourth-order valence-corrected chi connectivity index (χ4v) is 6.16. The SMILES string of the molecule is NC(=O)c1ccccc1CCCN1CC2CN(C(=O)c3csc4ccccc34)C[C@@H]2C1. The van der Waals surface area contributed by atoms with Crippen LogP contribution in [0.15, 0.2) is 53.9 Å². The average molecular weight is 434 g/mol. The average Bonchev–Trinajstić information content (AvgIpc) is 3.46. The van der Waals surface area contributed by atoms with Gasteiger partial charge in [-0.3, -0.25) is 9.59 Å². The molecule has 0 spiro atoms. The van der Waals surface area contributed by atoms with Crippen LogP contribution < -0.4 is 5.73 Å². The van der Waals surface area contributed by atoms with Gasteiger partial charge in [-0.2, -0.15) is 0 Å². The molecule has 160 valence electrons. The van der Waals surface area contributed by atoms with Crippen molar-refractivity contribution in [2.24, 2.45) is 17.6 Å². The number of likely N-dealkylation sites (tertiary alicyclic amines) is 2. The van der Waals surface area contributed by atoms with Crippen LogP contribution in [-0.2, 0) is 6.42 Å². The molecule has 2 amide bonds. The Morgan fingerprint density at radius 1 is 0.935 bits per heavy atom. The summed E-state index contributed by atoms with van der Waals surface area (Å²) in [7, 11) is 0. The molecule has 3 heterocycles. The summed E-state index contributed by atoms with van der Waals surface area (Å²) in [5, 5.41) is 3.09. The fraction of sp³-hybridized carbons (Fsp3) is 0.360. The van der Waals surface area contributed by atoms with Gasteiger partial charge >= 0.3 is 0 Å². The smallest absolute Gasteiger partial charge is 0.255 e. The second-order valence-electron chi connectivity index (χ2n) is 8.76. The van der Waals surface area contributed by atoms with Gasteiger partial charge in [0.15, 0.2) is 0 Å². The van der Waals surface area contributed by atoms with Crippen molar-refractivity contribution in [3.05, 3.63) is 70.6 Å². The quantitative estimate of drug-likeness (QED) is 0.645. The van der Waals surface area contributed by atoms with Gasteiger partial charge in [-0.1, -0.05) is 36.4 Å². The van der Waals surface area contributed by atoms with E-state index in [0.29, 0.717) is 17.4 Å². The Morgan fingerprint density at radius 2 is 1.65 bits per heavy atom. The molecule has 1 aromatic heterocycles. The number of carbonyl (C=O) groups excluding carboxylic acids is 2. The molecule has 0 bridgehead atoms. The van der Waals surface area contributed by atoms with Crippen molar-refractivity contribution in [1.29, 1.82) is 0 Å². The summed E-state index contributed by atoms with van der Waals surface area (Å²) in [5.74, 6) is 0.953. The van der Waals surface area contributed by atoms with E-state index >= 15 is 0 Å². The van der Waals surface area contributed by atoms with Gasteiger partial charge in [-0.15, -0.1) is 11.3 Å². The summed E-state index contributed by atoms with van der Waals surface area (Å²) >= 11 is 1.65. The lowest BCUT2D eigenvalue weighted by Crippen LogP contribution is -2.33. The summed E-state index contributed by atoms with van der Waals surface area (Å²) in [6, 6.07) is 15.8. The number of benzene rings is 2. The molecule has 5 rings (SSSR count). The highest BCUT2D eigenvalue weighted by atomic mass is 32.1. The Hall–Kier alpha value is -2.70. The monoisotopic (exact) mass is 433 g/mol. The zero-order chi connectivity index (χ0) is 21.4. The van der Waals surface area contributed by atoms with Gasteiger partial charge < -0.3 is 15.5 Å². The van der Waals surface area contributed by atoms with E-state index in [1.165, 1.54) is 4.70 Å². The van der Waals surface area contributed by atoms with Crippen molar-refractivity contribution in [1.82, 2.24) is 9.80 Å². The number of fused-ring (bicyclic) bond motifs is 2. The van der Waals surface area contributed by atoms with Crippen LogP contribution in [0, 0.1) is 11.8 Å². The van der Waals surface area contributed by atoms with Crippen LogP contribution in [0.25, 0.3) is 10.1 Å². The topological polar surface area (TPSA) is 66.6 Å². The molecule has 2 fully saturated rings. The number of primary amides is 1. The van der Waals surface area contributed by atoms with Gasteiger partial charge in [0.2, 0.25) is 5.91 Å². The van der Waals surface area contributed by atoms with Gasteiger partial charge in [-0.25, -0.2) is 0 Å². The number of carbonyl (C=O) groups is 2. The number of aryl methyl sites for hydroxylation is 1. The first-order valence-electron chi connectivity index (χ1n) is 11.0. The molecule has 6 heteroatoms. The van der Waals surface area contributed by atoms with Crippen molar-refractivity contribution < 1.29 is 9.59 Å². The second kappa shape index (κ2) is 8.44. The standard InChI is InChI=1S/C25H27N3O2S/c26-24(29)20-8-2-1-6-17(20)7-5-11-27-12-18-14-28(15-19(18)13-27)25(30)22-16-31-23-10-4-3-9-21(22)23/h1-4,6,8-10,16,18-19H,5,7,11-15H2,(H2,26,29)/t18-,19?/m0/s1. The molecule has 0 aliphatic carbocycles. The molecular weight excluding hydrogens is 406 g/mol. The van der Waals surface area contributed by atoms with E-state index in [1.807, 2.05) is 41.8 Å². The molecule has 2 aliphatic heterocycles. The highest BCUT2D eigenvalue weighted by Gasteiger charge is 2.41. The Kier molecular flexibility index (Phi) is 5.50. The van der Waals surface area contributed by atoms with E-state index in [0.717, 1.165) is 62.1 Å². The van der Waals surface area contributed by atoms with Gasteiger partial charge in [-0.05, 0) is 48.9 Å². The number of thiophene rings is 1. The largest absolute Gasteiger partial charge is 0.366 e. The van der Waals surface area contributed by atoms with E-state index in [1.54, 1.807) is 17.4 Å². The highest BCUT2D eigenvalue weighted by molar-refractivity contribution is 7.17. The lowest BCUT2D eigenvalue weighted by molar-refractivity contribution is 0.0776. The Balaban J connectivity index is 1.15. The van der Waals surface area contributed by atoms with E-state index in [4.69, 9.17) is 5.73 Å². The van der Waals surface area contributed by atoms with Crippen LogP contribution in [0.5, 0.6) is 0 Å². The summed E-state index contributed by atoms with van der Waals surface area (Å²) in [5.41, 5.74) is 8.02. The van der Waals surface area contributed by atoms with Crippen LogP contribution in [0.3, 0.4) is 0 Å². The first kappa shape index (κ1) is 20.2. The summed E-state index contributed by atoms with van der Waals surface area (Å²) in [6.45, 7) is 4.83. The van der Waals surface area contributed by atoms with Crippen LogP contribution in [0.2, 0.25) is 0 Å². The third kappa shape index (κ3) is 3.98. The van der Waals surface area contributed by atoms with Gasteiger partial charge in [0.25, 0.3) is 5.91 Å². The minimum atomic E-state index is -0.352. The molecule has 2 aromatic carbocycles. The zero-order valence-corrected chi connectivity index (χ0v) is 18.3. The molecule has 3 aromatic rings. The summed E-state index contributed by atoms with van der Waals surface area (Å²) < 4.78 is 1.18. The molecule has 31 heavy (non-hydrogen) atoms. The van der Waals surface area contributed by atoms with Crippen molar-refractivity contribution in [2.75, 3.05) is 32.7 Å².